The Kier molecular flexibility index (Phi) is 2.20. The van der Waals surface area contributed by atoms with E-state index in [1.54, 1.807) is 18.2 Å². The number of benzene rings is 1. The van der Waals surface area contributed by atoms with E-state index in [9.17, 15) is 8.78 Å². The van der Waals surface area contributed by atoms with Crippen molar-refractivity contribution < 1.29 is 8.78 Å². The van der Waals surface area contributed by atoms with Gasteiger partial charge in [0, 0.05) is 5.69 Å². The fraction of sp³-hybridized carbons (Fsp3) is 0.143. The lowest BCUT2D eigenvalue weighted by atomic mass is 10.3. The number of nitrogens with one attached hydrogen (secondary N) is 1. The first-order chi connectivity index (χ1) is 4.79. The second-order valence-electron chi connectivity index (χ2n) is 1.74. The van der Waals surface area contributed by atoms with Crippen LogP contribution in [-0.4, -0.2) is 6.55 Å². The summed E-state index contributed by atoms with van der Waals surface area (Å²) in [6, 6.07) is 8.99. The summed E-state index contributed by atoms with van der Waals surface area (Å²) in [7, 11) is 0. The monoisotopic (exact) mass is 142 g/mol. The smallest absolute Gasteiger partial charge is 0.312 e. The second-order valence-corrected chi connectivity index (χ2v) is 1.74. The molecule has 10 heavy (non-hydrogen) atoms. The summed E-state index contributed by atoms with van der Waals surface area (Å²) >= 11 is 0. The van der Waals surface area contributed by atoms with Crippen LogP contribution in [0.15, 0.2) is 24.3 Å². The molecule has 0 unspecified atom stereocenters. The molecular formula is C7H6F2N. The van der Waals surface area contributed by atoms with E-state index in [0.717, 1.165) is 0 Å². The Morgan fingerprint density at radius 1 is 1.50 bits per heavy atom. The summed E-state index contributed by atoms with van der Waals surface area (Å²) in [6.07, 6.45) is 0. The average Bonchev–Trinajstić information content (AvgIpc) is 1.88. The van der Waals surface area contributed by atoms with Gasteiger partial charge >= 0.3 is 6.55 Å². The van der Waals surface area contributed by atoms with Crippen LogP contribution in [0, 0.1) is 6.07 Å². The van der Waals surface area contributed by atoms with Gasteiger partial charge < -0.3 is 5.32 Å². The van der Waals surface area contributed by atoms with Crippen LogP contribution < -0.4 is 5.32 Å². The highest BCUT2D eigenvalue weighted by Gasteiger charge is 1.98. The molecule has 0 aliphatic rings. The molecular weight excluding hydrogens is 136 g/mol. The second kappa shape index (κ2) is 3.15. The first-order valence-corrected chi connectivity index (χ1v) is 2.80. The maximum absolute atomic E-state index is 11.6. The van der Waals surface area contributed by atoms with E-state index in [1.807, 2.05) is 5.32 Å². The number of alkyl halides is 2. The zero-order valence-electron chi connectivity index (χ0n) is 5.14. The number of halogens is 2. The lowest BCUT2D eigenvalue weighted by Crippen LogP contribution is -2.05. The van der Waals surface area contributed by atoms with E-state index in [2.05, 4.69) is 6.07 Å². The van der Waals surface area contributed by atoms with Gasteiger partial charge in [-0.1, -0.05) is 12.1 Å². The SMILES string of the molecule is FC(F)Nc1c[c]ccc1. The van der Waals surface area contributed by atoms with Crippen molar-refractivity contribution in [3.8, 4) is 0 Å². The van der Waals surface area contributed by atoms with Crippen LogP contribution in [0.3, 0.4) is 0 Å². The van der Waals surface area contributed by atoms with Crippen LogP contribution in [0.2, 0.25) is 0 Å². The van der Waals surface area contributed by atoms with Gasteiger partial charge in [0.25, 0.3) is 0 Å². The van der Waals surface area contributed by atoms with Crippen molar-refractivity contribution >= 4 is 5.69 Å². The van der Waals surface area contributed by atoms with E-state index in [4.69, 9.17) is 0 Å². The highest BCUT2D eigenvalue weighted by molar-refractivity contribution is 5.41. The fourth-order valence-corrected chi connectivity index (χ4v) is 0.609. The minimum atomic E-state index is -2.50. The van der Waals surface area contributed by atoms with Crippen LogP contribution >= 0.6 is 0 Å². The largest absolute Gasteiger partial charge is 0.330 e. The van der Waals surface area contributed by atoms with E-state index in [1.165, 1.54) is 6.07 Å². The van der Waals surface area contributed by atoms with Gasteiger partial charge in [0.2, 0.25) is 0 Å². The molecule has 0 aliphatic carbocycles. The molecule has 3 heteroatoms. The zero-order valence-corrected chi connectivity index (χ0v) is 5.14. The van der Waals surface area contributed by atoms with Gasteiger partial charge in [-0.2, -0.15) is 8.78 Å². The first-order valence-electron chi connectivity index (χ1n) is 2.80. The Balaban J connectivity index is 2.59. The van der Waals surface area contributed by atoms with Crippen LogP contribution in [0.1, 0.15) is 0 Å². The maximum Gasteiger partial charge on any atom is 0.312 e. The van der Waals surface area contributed by atoms with Gasteiger partial charge in [-0.05, 0) is 18.2 Å². The number of hydrogen-bond acceptors (Lipinski definition) is 1. The van der Waals surface area contributed by atoms with Crippen LogP contribution in [0.5, 0.6) is 0 Å². The van der Waals surface area contributed by atoms with Crippen LogP contribution in [0.25, 0.3) is 0 Å². The first kappa shape index (κ1) is 6.99. The Bertz CT molecular complexity index is 186. The zero-order chi connectivity index (χ0) is 7.40. The molecule has 0 amide bonds. The van der Waals surface area contributed by atoms with Crippen LogP contribution in [0.4, 0.5) is 14.5 Å². The van der Waals surface area contributed by atoms with Gasteiger partial charge in [0.05, 0.1) is 0 Å². The molecule has 0 saturated heterocycles. The molecule has 0 heterocycles. The summed E-state index contributed by atoms with van der Waals surface area (Å²) in [5.74, 6) is 0. The summed E-state index contributed by atoms with van der Waals surface area (Å²) < 4.78 is 23.2. The summed E-state index contributed by atoms with van der Waals surface area (Å²) in [4.78, 5) is 0. The summed E-state index contributed by atoms with van der Waals surface area (Å²) in [6.45, 7) is -2.50. The highest BCUT2D eigenvalue weighted by Crippen LogP contribution is 2.06. The van der Waals surface area contributed by atoms with Crippen molar-refractivity contribution in [2.24, 2.45) is 0 Å². The number of rotatable bonds is 2. The van der Waals surface area contributed by atoms with Gasteiger partial charge in [-0.15, -0.1) is 0 Å². The van der Waals surface area contributed by atoms with Gasteiger partial charge in [0.1, 0.15) is 0 Å². The molecule has 1 N–H and O–H groups in total. The van der Waals surface area contributed by atoms with Gasteiger partial charge in [-0.3, -0.25) is 0 Å². The molecule has 1 aromatic carbocycles. The molecule has 0 saturated carbocycles. The molecule has 0 aliphatic heterocycles. The standard InChI is InChI=1S/C7H6F2N/c8-7(9)10-6-4-2-1-3-5-6/h1-2,4-5,7,10H. The quantitative estimate of drug-likeness (QED) is 0.623. The van der Waals surface area contributed by atoms with Crippen molar-refractivity contribution in [1.29, 1.82) is 0 Å². The van der Waals surface area contributed by atoms with E-state index >= 15 is 0 Å². The maximum atomic E-state index is 11.6. The van der Waals surface area contributed by atoms with Gasteiger partial charge in [0.15, 0.2) is 0 Å². The molecule has 1 radical (unpaired) electrons. The Hall–Kier alpha value is -1.12. The van der Waals surface area contributed by atoms with E-state index in [-0.39, 0.29) is 0 Å². The van der Waals surface area contributed by atoms with E-state index < -0.39 is 6.55 Å². The van der Waals surface area contributed by atoms with Crippen molar-refractivity contribution in [3.05, 3.63) is 30.3 Å². The highest BCUT2D eigenvalue weighted by atomic mass is 19.3. The molecule has 53 valence electrons. The van der Waals surface area contributed by atoms with Gasteiger partial charge in [-0.25, -0.2) is 0 Å². The van der Waals surface area contributed by atoms with Crippen molar-refractivity contribution in [1.82, 2.24) is 0 Å². The minimum Gasteiger partial charge on any atom is -0.330 e. The number of hydrogen-bond donors (Lipinski definition) is 1. The Morgan fingerprint density at radius 3 is 2.80 bits per heavy atom. The normalized spacial score (nSPS) is 9.90. The summed E-state index contributed by atoms with van der Waals surface area (Å²) in [5.41, 5.74) is 0.387. The molecule has 0 fully saturated rings. The predicted octanol–water partition coefficient (Wildman–Crippen LogP) is 2.12. The Morgan fingerprint density at radius 2 is 2.30 bits per heavy atom. The molecule has 0 bridgehead atoms. The molecule has 1 aromatic rings. The molecule has 0 aromatic heterocycles. The Labute approximate surface area is 57.7 Å². The molecule has 1 rings (SSSR count). The van der Waals surface area contributed by atoms with Crippen molar-refractivity contribution in [2.45, 2.75) is 6.55 Å². The molecule has 1 nitrogen and oxygen atoms in total. The lowest BCUT2D eigenvalue weighted by molar-refractivity contribution is 0.181. The topological polar surface area (TPSA) is 12.0 Å². The number of anilines is 1. The third-order valence-corrected chi connectivity index (χ3v) is 0.983. The third kappa shape index (κ3) is 2.01. The van der Waals surface area contributed by atoms with E-state index in [0.29, 0.717) is 5.69 Å². The predicted molar refractivity (Wildman–Crippen MR) is 34.9 cm³/mol. The molecule has 0 spiro atoms. The fourth-order valence-electron chi connectivity index (χ4n) is 0.609. The van der Waals surface area contributed by atoms with Crippen LogP contribution in [-0.2, 0) is 0 Å². The third-order valence-electron chi connectivity index (χ3n) is 0.983. The lowest BCUT2D eigenvalue weighted by Gasteiger charge is -2.01. The average molecular weight is 142 g/mol. The minimum absolute atomic E-state index is 0.387. The molecule has 0 atom stereocenters. The van der Waals surface area contributed by atoms with Crippen molar-refractivity contribution in [2.75, 3.05) is 5.32 Å². The van der Waals surface area contributed by atoms with Crippen molar-refractivity contribution in [3.63, 3.8) is 0 Å². The summed E-state index contributed by atoms with van der Waals surface area (Å²) in [5, 5.41) is 1.94.